The van der Waals surface area contributed by atoms with E-state index < -0.39 is 0 Å². The van der Waals surface area contributed by atoms with Crippen molar-refractivity contribution < 1.29 is 4.74 Å². The van der Waals surface area contributed by atoms with Gasteiger partial charge in [0.05, 0.1) is 35.1 Å². The minimum atomic E-state index is 0.267. The van der Waals surface area contributed by atoms with E-state index >= 15 is 0 Å². The third-order valence-corrected chi connectivity index (χ3v) is 4.22. The topological polar surface area (TPSA) is 47.0 Å². The summed E-state index contributed by atoms with van der Waals surface area (Å²) in [5.74, 6) is 0. The van der Waals surface area contributed by atoms with Gasteiger partial charge in [0.25, 0.3) is 0 Å². The Morgan fingerprint density at radius 3 is 2.95 bits per heavy atom. The number of para-hydroxylation sites is 2. The minimum Gasteiger partial charge on any atom is -0.378 e. The number of benzene rings is 1. The number of ether oxygens (including phenoxy) is 1. The molecular weight excluding hydrogens is 262 g/mol. The first-order valence-electron chi connectivity index (χ1n) is 7.87. The molecule has 1 N–H and O–H groups in total. The Morgan fingerprint density at radius 1 is 1.33 bits per heavy atom. The maximum atomic E-state index is 5.68. The molecule has 21 heavy (non-hydrogen) atoms. The summed E-state index contributed by atoms with van der Waals surface area (Å²) in [6.45, 7) is 0.941. The molecule has 0 amide bonds. The number of aromatic nitrogens is 2. The molecule has 1 aliphatic rings. The smallest absolute Gasteiger partial charge is 0.0890 e. The van der Waals surface area contributed by atoms with Crippen LogP contribution in [0.4, 0.5) is 0 Å². The second-order valence-electron chi connectivity index (χ2n) is 5.69. The molecule has 2 atom stereocenters. The Morgan fingerprint density at radius 2 is 2.19 bits per heavy atom. The highest BCUT2D eigenvalue weighted by Gasteiger charge is 2.17. The Labute approximate surface area is 125 Å². The van der Waals surface area contributed by atoms with Gasteiger partial charge < -0.3 is 10.1 Å². The summed E-state index contributed by atoms with van der Waals surface area (Å²) in [5, 5.41) is 3.37. The van der Waals surface area contributed by atoms with Crippen LogP contribution in [-0.4, -0.2) is 29.7 Å². The summed E-state index contributed by atoms with van der Waals surface area (Å²) in [6.07, 6.45) is 8.20. The van der Waals surface area contributed by atoms with E-state index in [2.05, 4.69) is 10.3 Å². The molecule has 4 heteroatoms. The Kier molecular flexibility index (Phi) is 4.78. The number of nitrogens with one attached hydrogen (secondary N) is 1. The van der Waals surface area contributed by atoms with E-state index in [1.807, 2.05) is 37.5 Å². The number of hydrogen-bond acceptors (Lipinski definition) is 4. The van der Waals surface area contributed by atoms with Gasteiger partial charge in [-0.3, -0.25) is 4.98 Å². The zero-order valence-corrected chi connectivity index (χ0v) is 12.6. The van der Waals surface area contributed by atoms with E-state index in [0.29, 0.717) is 6.10 Å². The molecular formula is C17H23N3O. The number of fused-ring (bicyclic) bond motifs is 1. The first kappa shape index (κ1) is 14.4. The number of hydrogen-bond donors (Lipinski definition) is 1. The molecule has 1 aliphatic heterocycles. The Bertz CT molecular complexity index is 581. The summed E-state index contributed by atoms with van der Waals surface area (Å²) in [6, 6.07) is 8.28. The van der Waals surface area contributed by atoms with Gasteiger partial charge in [0.15, 0.2) is 0 Å². The van der Waals surface area contributed by atoms with Crippen molar-refractivity contribution >= 4 is 11.0 Å². The predicted molar refractivity (Wildman–Crippen MR) is 84.2 cm³/mol. The van der Waals surface area contributed by atoms with Crippen LogP contribution in [0.25, 0.3) is 11.0 Å². The highest BCUT2D eigenvalue weighted by molar-refractivity contribution is 5.73. The van der Waals surface area contributed by atoms with Gasteiger partial charge in [-0.1, -0.05) is 12.1 Å². The lowest BCUT2D eigenvalue weighted by atomic mass is 10.0. The Balaban J connectivity index is 1.63. The second kappa shape index (κ2) is 6.96. The fourth-order valence-electron chi connectivity index (χ4n) is 3.00. The molecule has 2 heterocycles. The minimum absolute atomic E-state index is 0.267. The fraction of sp³-hybridized carbons (Fsp3) is 0.529. The predicted octanol–water partition coefficient (Wildman–Crippen LogP) is 3.24. The zero-order valence-electron chi connectivity index (χ0n) is 12.6. The molecule has 0 aliphatic carbocycles. The maximum Gasteiger partial charge on any atom is 0.0890 e. The van der Waals surface area contributed by atoms with Crippen molar-refractivity contribution in [1.29, 1.82) is 0 Å². The summed E-state index contributed by atoms with van der Waals surface area (Å²) >= 11 is 0. The average Bonchev–Trinajstić information content (AvgIpc) is 3.04. The van der Waals surface area contributed by atoms with Gasteiger partial charge >= 0.3 is 0 Å². The van der Waals surface area contributed by atoms with Gasteiger partial charge in [-0.25, -0.2) is 4.98 Å². The van der Waals surface area contributed by atoms with Crippen LogP contribution < -0.4 is 5.32 Å². The highest BCUT2D eigenvalue weighted by atomic mass is 16.5. The van der Waals surface area contributed by atoms with Crippen LogP contribution >= 0.6 is 0 Å². The monoisotopic (exact) mass is 285 g/mol. The van der Waals surface area contributed by atoms with Crippen molar-refractivity contribution in [3.63, 3.8) is 0 Å². The summed E-state index contributed by atoms with van der Waals surface area (Å²) < 4.78 is 5.68. The van der Waals surface area contributed by atoms with E-state index in [0.717, 1.165) is 42.6 Å². The molecule has 0 saturated carbocycles. The first-order valence-corrected chi connectivity index (χ1v) is 7.87. The third-order valence-electron chi connectivity index (χ3n) is 4.22. The SMILES string of the molecule is CNC(CCCC1CCCO1)c1cnc2ccccc2n1. The van der Waals surface area contributed by atoms with Gasteiger partial charge in [-0.15, -0.1) is 0 Å². The largest absolute Gasteiger partial charge is 0.378 e. The molecule has 1 aromatic carbocycles. The molecule has 2 unspecified atom stereocenters. The lowest BCUT2D eigenvalue weighted by Crippen LogP contribution is -2.18. The van der Waals surface area contributed by atoms with E-state index in [9.17, 15) is 0 Å². The standard InChI is InChI=1S/C17H23N3O/c1-18-14(10-4-6-13-7-5-11-21-13)17-12-19-15-8-2-3-9-16(15)20-17/h2-3,8-9,12-14,18H,4-7,10-11H2,1H3. The van der Waals surface area contributed by atoms with Crippen molar-refractivity contribution in [1.82, 2.24) is 15.3 Å². The van der Waals surface area contributed by atoms with Gasteiger partial charge in [0.2, 0.25) is 0 Å². The zero-order chi connectivity index (χ0) is 14.5. The van der Waals surface area contributed by atoms with E-state index in [1.54, 1.807) is 0 Å². The molecule has 1 aromatic heterocycles. The molecule has 112 valence electrons. The number of rotatable bonds is 6. The van der Waals surface area contributed by atoms with Crippen LogP contribution in [0.5, 0.6) is 0 Å². The van der Waals surface area contributed by atoms with Crippen LogP contribution in [0.3, 0.4) is 0 Å². The molecule has 2 aromatic rings. The third kappa shape index (κ3) is 3.57. The normalized spacial score (nSPS) is 20.0. The molecule has 0 spiro atoms. The first-order chi connectivity index (χ1) is 10.4. The Hall–Kier alpha value is -1.52. The summed E-state index contributed by atoms with van der Waals surface area (Å²) in [5.41, 5.74) is 2.95. The molecule has 4 nitrogen and oxygen atoms in total. The van der Waals surface area contributed by atoms with Gasteiger partial charge in [0, 0.05) is 6.61 Å². The summed E-state index contributed by atoms with van der Waals surface area (Å²) in [4.78, 5) is 9.25. The van der Waals surface area contributed by atoms with Crippen molar-refractivity contribution in [3.8, 4) is 0 Å². The van der Waals surface area contributed by atoms with Crippen LogP contribution in [0.1, 0.15) is 43.8 Å². The lowest BCUT2D eigenvalue weighted by Gasteiger charge is -2.17. The van der Waals surface area contributed by atoms with Crippen molar-refractivity contribution in [2.45, 2.75) is 44.2 Å². The number of nitrogens with zero attached hydrogens (tertiary/aromatic N) is 2. The van der Waals surface area contributed by atoms with Crippen LogP contribution in [0.2, 0.25) is 0 Å². The average molecular weight is 285 g/mol. The van der Waals surface area contributed by atoms with Crippen molar-refractivity contribution in [2.75, 3.05) is 13.7 Å². The maximum absolute atomic E-state index is 5.68. The van der Waals surface area contributed by atoms with E-state index in [4.69, 9.17) is 9.72 Å². The summed E-state index contributed by atoms with van der Waals surface area (Å²) in [7, 11) is 1.99. The van der Waals surface area contributed by atoms with E-state index in [-0.39, 0.29) is 6.04 Å². The molecule has 3 rings (SSSR count). The lowest BCUT2D eigenvalue weighted by molar-refractivity contribution is 0.101. The van der Waals surface area contributed by atoms with Gasteiger partial charge in [0.1, 0.15) is 0 Å². The molecule has 0 radical (unpaired) electrons. The second-order valence-corrected chi connectivity index (χ2v) is 5.69. The van der Waals surface area contributed by atoms with Crippen LogP contribution in [0.15, 0.2) is 30.5 Å². The van der Waals surface area contributed by atoms with Crippen molar-refractivity contribution in [2.24, 2.45) is 0 Å². The fourth-order valence-corrected chi connectivity index (χ4v) is 3.00. The molecule has 1 saturated heterocycles. The quantitative estimate of drug-likeness (QED) is 0.885. The molecule has 0 bridgehead atoms. The van der Waals surface area contributed by atoms with Gasteiger partial charge in [-0.2, -0.15) is 0 Å². The molecule has 1 fully saturated rings. The van der Waals surface area contributed by atoms with Crippen molar-refractivity contribution in [3.05, 3.63) is 36.2 Å². The highest BCUT2D eigenvalue weighted by Crippen LogP contribution is 2.22. The van der Waals surface area contributed by atoms with Crippen LogP contribution in [0, 0.1) is 0 Å². The van der Waals surface area contributed by atoms with E-state index in [1.165, 1.54) is 12.8 Å². The van der Waals surface area contributed by atoms with Gasteiger partial charge in [-0.05, 0) is 51.3 Å². The van der Waals surface area contributed by atoms with Crippen LogP contribution in [-0.2, 0) is 4.74 Å².